The molecule has 0 bridgehead atoms. The van der Waals surface area contributed by atoms with Gasteiger partial charge in [-0.25, -0.2) is 0 Å². The van der Waals surface area contributed by atoms with Crippen molar-refractivity contribution in [3.8, 4) is 0 Å². The first kappa shape index (κ1) is 14.6. The van der Waals surface area contributed by atoms with Crippen molar-refractivity contribution in [1.29, 1.82) is 0 Å². The molecule has 3 nitrogen and oxygen atoms in total. The molecule has 1 amide bonds. The number of para-hydroxylation sites is 1. The number of carbonyl (C=O) groups is 1. The van der Waals surface area contributed by atoms with Crippen LogP contribution in [0, 0.1) is 0 Å². The lowest BCUT2D eigenvalue weighted by Crippen LogP contribution is -2.25. The van der Waals surface area contributed by atoms with Gasteiger partial charge in [0.2, 0.25) is 0 Å². The molecule has 0 aliphatic heterocycles. The van der Waals surface area contributed by atoms with Gasteiger partial charge in [0.25, 0.3) is 5.91 Å². The van der Waals surface area contributed by atoms with Crippen molar-refractivity contribution in [2.24, 2.45) is 0 Å². The highest BCUT2D eigenvalue weighted by Gasteiger charge is 2.08. The number of fused-ring (bicyclic) bond motifs is 1. The third kappa shape index (κ3) is 3.65. The predicted molar refractivity (Wildman–Crippen MR) is 93.7 cm³/mol. The number of nitrogens with one attached hydrogen (secondary N) is 2. The maximum Gasteiger partial charge on any atom is 0.261 e. The molecule has 0 saturated carbocycles. The largest absolute Gasteiger partial charge is 0.385 e. The van der Waals surface area contributed by atoms with Crippen LogP contribution >= 0.6 is 11.3 Å². The average Bonchev–Trinajstić information content (AvgIpc) is 2.99. The summed E-state index contributed by atoms with van der Waals surface area (Å²) in [7, 11) is 0. The van der Waals surface area contributed by atoms with Crippen molar-refractivity contribution in [2.75, 3.05) is 18.4 Å². The molecule has 22 heavy (non-hydrogen) atoms. The Kier molecular flexibility index (Phi) is 4.71. The van der Waals surface area contributed by atoms with E-state index in [4.69, 9.17) is 0 Å². The van der Waals surface area contributed by atoms with Crippen LogP contribution < -0.4 is 10.6 Å². The molecule has 0 atom stereocenters. The van der Waals surface area contributed by atoms with E-state index in [2.05, 4.69) is 10.6 Å². The van der Waals surface area contributed by atoms with Crippen LogP contribution in [-0.4, -0.2) is 19.0 Å². The van der Waals surface area contributed by atoms with Crippen molar-refractivity contribution in [3.63, 3.8) is 0 Å². The highest BCUT2D eigenvalue weighted by Crippen LogP contribution is 2.24. The zero-order valence-corrected chi connectivity index (χ0v) is 13.0. The molecule has 1 aromatic heterocycles. The molecule has 0 radical (unpaired) electrons. The molecule has 3 rings (SSSR count). The quantitative estimate of drug-likeness (QED) is 0.672. The lowest BCUT2D eigenvalue weighted by Gasteiger charge is -2.06. The molecule has 0 aliphatic carbocycles. The predicted octanol–water partition coefficient (Wildman–Crippen LogP) is 4.13. The van der Waals surface area contributed by atoms with Crippen LogP contribution in [0.4, 0.5) is 5.69 Å². The number of carbonyl (C=O) groups excluding carboxylic acids is 1. The fourth-order valence-electron chi connectivity index (χ4n) is 2.26. The van der Waals surface area contributed by atoms with Crippen LogP contribution in [-0.2, 0) is 0 Å². The summed E-state index contributed by atoms with van der Waals surface area (Å²) in [6.07, 6.45) is 0.894. The van der Waals surface area contributed by atoms with Crippen LogP contribution in [0.3, 0.4) is 0 Å². The van der Waals surface area contributed by atoms with Gasteiger partial charge in [0.15, 0.2) is 0 Å². The Bertz CT molecular complexity index is 719. The molecular weight excluding hydrogens is 292 g/mol. The van der Waals surface area contributed by atoms with Crippen molar-refractivity contribution < 1.29 is 4.79 Å². The van der Waals surface area contributed by atoms with Crippen LogP contribution in [0.2, 0.25) is 0 Å². The van der Waals surface area contributed by atoms with Gasteiger partial charge in [0, 0.05) is 23.5 Å². The van der Waals surface area contributed by atoms with E-state index in [1.807, 2.05) is 60.7 Å². The Morgan fingerprint density at radius 3 is 2.55 bits per heavy atom. The molecule has 4 heteroatoms. The van der Waals surface area contributed by atoms with Crippen molar-refractivity contribution in [2.45, 2.75) is 6.42 Å². The first-order valence-electron chi connectivity index (χ1n) is 7.38. The van der Waals surface area contributed by atoms with E-state index in [1.165, 1.54) is 11.3 Å². The van der Waals surface area contributed by atoms with Gasteiger partial charge in [-0.3, -0.25) is 4.79 Å². The molecule has 0 saturated heterocycles. The van der Waals surface area contributed by atoms with Gasteiger partial charge in [-0.2, -0.15) is 0 Å². The monoisotopic (exact) mass is 310 g/mol. The van der Waals surface area contributed by atoms with Gasteiger partial charge < -0.3 is 10.6 Å². The summed E-state index contributed by atoms with van der Waals surface area (Å²) in [6.45, 7) is 1.52. The molecular formula is C18H18N2OS. The molecule has 0 aliphatic rings. The molecule has 0 spiro atoms. The van der Waals surface area contributed by atoms with Crippen LogP contribution in [0.5, 0.6) is 0 Å². The van der Waals surface area contributed by atoms with Crippen LogP contribution in [0.15, 0.2) is 60.7 Å². The first-order chi connectivity index (χ1) is 10.8. The molecule has 1 heterocycles. The maximum atomic E-state index is 12.1. The van der Waals surface area contributed by atoms with E-state index >= 15 is 0 Å². The minimum absolute atomic E-state index is 0.0147. The number of amides is 1. The zero-order chi connectivity index (χ0) is 15.2. The highest BCUT2D eigenvalue weighted by atomic mass is 32.1. The summed E-state index contributed by atoms with van der Waals surface area (Å²) < 4.78 is 1.15. The van der Waals surface area contributed by atoms with Crippen molar-refractivity contribution in [3.05, 3.63) is 65.5 Å². The van der Waals surface area contributed by atoms with Crippen molar-refractivity contribution in [1.82, 2.24) is 5.32 Å². The number of hydrogen-bond donors (Lipinski definition) is 2. The summed E-state index contributed by atoms with van der Waals surface area (Å²) in [6, 6.07) is 20.1. The maximum absolute atomic E-state index is 12.1. The third-order valence-electron chi connectivity index (χ3n) is 3.39. The Balaban J connectivity index is 1.44. The molecule has 2 N–H and O–H groups in total. The highest BCUT2D eigenvalue weighted by molar-refractivity contribution is 7.20. The van der Waals surface area contributed by atoms with E-state index in [-0.39, 0.29) is 5.91 Å². The van der Waals surface area contributed by atoms with Gasteiger partial charge in [-0.1, -0.05) is 36.4 Å². The summed E-state index contributed by atoms with van der Waals surface area (Å²) >= 11 is 1.54. The van der Waals surface area contributed by atoms with E-state index in [0.717, 1.165) is 33.6 Å². The van der Waals surface area contributed by atoms with Gasteiger partial charge in [-0.15, -0.1) is 11.3 Å². The zero-order valence-electron chi connectivity index (χ0n) is 12.2. The fraction of sp³-hybridized carbons (Fsp3) is 0.167. The first-order valence-corrected chi connectivity index (χ1v) is 8.20. The van der Waals surface area contributed by atoms with E-state index < -0.39 is 0 Å². The number of benzene rings is 2. The summed E-state index contributed by atoms with van der Waals surface area (Å²) in [5.41, 5.74) is 1.11. The SMILES string of the molecule is O=C(NCCCNc1ccccc1)c1cc2ccccc2s1. The Morgan fingerprint density at radius 1 is 0.955 bits per heavy atom. The van der Waals surface area contributed by atoms with Crippen molar-refractivity contribution >= 4 is 33.0 Å². The van der Waals surface area contributed by atoms with E-state index in [0.29, 0.717) is 6.54 Å². The van der Waals surface area contributed by atoms with Gasteiger partial charge in [0.1, 0.15) is 0 Å². The normalized spacial score (nSPS) is 10.5. The van der Waals surface area contributed by atoms with E-state index in [9.17, 15) is 4.79 Å². The van der Waals surface area contributed by atoms with Crippen LogP contribution in [0.25, 0.3) is 10.1 Å². The molecule has 3 aromatic rings. The number of rotatable bonds is 6. The lowest BCUT2D eigenvalue weighted by molar-refractivity contribution is 0.0957. The second kappa shape index (κ2) is 7.09. The number of anilines is 1. The second-order valence-electron chi connectivity index (χ2n) is 5.05. The minimum atomic E-state index is 0.0147. The summed E-state index contributed by atoms with van der Waals surface area (Å²) in [5.74, 6) is 0.0147. The Hall–Kier alpha value is -2.33. The molecule has 0 fully saturated rings. The Morgan fingerprint density at radius 2 is 1.73 bits per heavy atom. The summed E-state index contributed by atoms with van der Waals surface area (Å²) in [5, 5.41) is 7.44. The van der Waals surface area contributed by atoms with Gasteiger partial charge in [0.05, 0.1) is 4.88 Å². The number of thiophene rings is 1. The third-order valence-corrected chi connectivity index (χ3v) is 4.51. The van der Waals surface area contributed by atoms with Gasteiger partial charge >= 0.3 is 0 Å². The molecule has 0 unspecified atom stereocenters. The minimum Gasteiger partial charge on any atom is -0.385 e. The molecule has 112 valence electrons. The second-order valence-corrected chi connectivity index (χ2v) is 6.13. The fourth-order valence-corrected chi connectivity index (χ4v) is 3.24. The average molecular weight is 310 g/mol. The molecule has 2 aromatic carbocycles. The lowest BCUT2D eigenvalue weighted by atomic mass is 10.2. The number of hydrogen-bond acceptors (Lipinski definition) is 3. The van der Waals surface area contributed by atoms with Gasteiger partial charge in [-0.05, 0) is 36.1 Å². The topological polar surface area (TPSA) is 41.1 Å². The standard InChI is InChI=1S/C18H18N2OS/c21-18(17-13-14-7-4-5-10-16(14)22-17)20-12-6-11-19-15-8-2-1-3-9-15/h1-5,7-10,13,19H,6,11-12H2,(H,20,21). The summed E-state index contributed by atoms with van der Waals surface area (Å²) in [4.78, 5) is 12.9. The smallest absolute Gasteiger partial charge is 0.261 e. The van der Waals surface area contributed by atoms with Crippen LogP contribution in [0.1, 0.15) is 16.1 Å². The Labute approximate surface area is 134 Å². The van der Waals surface area contributed by atoms with E-state index in [1.54, 1.807) is 0 Å².